The Bertz CT molecular complexity index is 878. The molecule has 0 atom stereocenters. The van der Waals surface area contributed by atoms with E-state index in [1.165, 1.54) is 0 Å². The summed E-state index contributed by atoms with van der Waals surface area (Å²) in [5.41, 5.74) is 1.46. The lowest BCUT2D eigenvalue weighted by Gasteiger charge is -2.40. The molecule has 0 aliphatic carbocycles. The topological polar surface area (TPSA) is 41.9 Å². The van der Waals surface area contributed by atoms with Crippen molar-refractivity contribution in [2.24, 2.45) is 0 Å². The highest BCUT2D eigenvalue weighted by molar-refractivity contribution is 9.10. The van der Waals surface area contributed by atoms with Crippen LogP contribution in [0.3, 0.4) is 0 Å². The Hall–Kier alpha value is -2.15. The molecule has 7 heteroatoms. The van der Waals surface area contributed by atoms with Crippen molar-refractivity contribution in [3.63, 3.8) is 0 Å². The van der Waals surface area contributed by atoms with Gasteiger partial charge < -0.3 is 4.90 Å². The number of alkyl halides is 2. The predicted molar refractivity (Wildman–Crippen MR) is 87.6 cm³/mol. The van der Waals surface area contributed by atoms with E-state index in [4.69, 9.17) is 0 Å². The Morgan fingerprint density at radius 1 is 1.13 bits per heavy atom. The summed E-state index contributed by atoms with van der Waals surface area (Å²) in [7, 11) is 0. The summed E-state index contributed by atoms with van der Waals surface area (Å²) in [5.74, 6) is -1.64. The van der Waals surface area contributed by atoms with Gasteiger partial charge >= 0.3 is 0 Å². The van der Waals surface area contributed by atoms with Gasteiger partial charge in [-0.3, -0.25) is 4.98 Å². The smallest absolute Gasteiger partial charge is 0.282 e. The molecule has 0 spiro atoms. The van der Waals surface area contributed by atoms with Gasteiger partial charge in [-0.1, -0.05) is 15.9 Å². The highest BCUT2D eigenvalue weighted by Crippen LogP contribution is 2.36. The second-order valence-corrected chi connectivity index (χ2v) is 6.40. The summed E-state index contributed by atoms with van der Waals surface area (Å²) < 4.78 is 27.4. The number of hydrogen-bond acceptors (Lipinski definition) is 4. The van der Waals surface area contributed by atoms with Crippen LogP contribution in [0.1, 0.15) is 0 Å². The first-order chi connectivity index (χ1) is 11.0. The van der Waals surface area contributed by atoms with E-state index < -0.39 is 5.92 Å². The van der Waals surface area contributed by atoms with Crippen molar-refractivity contribution in [3.05, 3.63) is 47.2 Å². The molecule has 1 saturated heterocycles. The molecule has 1 aliphatic rings. The maximum atomic E-state index is 13.3. The molecular formula is C16H11BrF2N4. The molecule has 23 heavy (non-hydrogen) atoms. The molecule has 0 bridgehead atoms. The SMILES string of the molecule is FC1(F)CN(c2nc(-c3cccnc3)nc3cc(Br)ccc23)C1. The normalized spacial score (nSPS) is 16.4. The number of rotatable bonds is 2. The molecular weight excluding hydrogens is 366 g/mol. The quantitative estimate of drug-likeness (QED) is 0.679. The number of pyridine rings is 1. The van der Waals surface area contributed by atoms with Crippen molar-refractivity contribution >= 4 is 32.7 Å². The molecule has 2 aromatic heterocycles. The number of fused-ring (bicyclic) bond motifs is 1. The molecule has 0 unspecified atom stereocenters. The van der Waals surface area contributed by atoms with Gasteiger partial charge in [-0.2, -0.15) is 0 Å². The summed E-state index contributed by atoms with van der Waals surface area (Å²) in [6.07, 6.45) is 3.33. The van der Waals surface area contributed by atoms with E-state index in [1.54, 1.807) is 23.4 Å². The van der Waals surface area contributed by atoms with E-state index >= 15 is 0 Å². The van der Waals surface area contributed by atoms with E-state index in [1.807, 2.05) is 24.3 Å². The first-order valence-corrected chi connectivity index (χ1v) is 7.82. The zero-order valence-corrected chi connectivity index (χ0v) is 13.5. The highest BCUT2D eigenvalue weighted by atomic mass is 79.9. The number of hydrogen-bond donors (Lipinski definition) is 0. The van der Waals surface area contributed by atoms with Gasteiger partial charge in [0.1, 0.15) is 5.82 Å². The van der Waals surface area contributed by atoms with Gasteiger partial charge in [0.05, 0.1) is 18.6 Å². The Labute approximate surface area is 139 Å². The van der Waals surface area contributed by atoms with Crippen LogP contribution in [-0.4, -0.2) is 34.0 Å². The third-order valence-electron chi connectivity index (χ3n) is 3.70. The van der Waals surface area contributed by atoms with Crippen molar-refractivity contribution < 1.29 is 8.78 Å². The Balaban J connectivity index is 1.89. The molecule has 0 N–H and O–H groups in total. The minimum atomic E-state index is -2.65. The van der Waals surface area contributed by atoms with Crippen LogP contribution < -0.4 is 4.90 Å². The molecule has 3 heterocycles. The zero-order chi connectivity index (χ0) is 16.0. The number of benzene rings is 1. The van der Waals surface area contributed by atoms with Crippen LogP contribution in [0.15, 0.2) is 47.2 Å². The fourth-order valence-electron chi connectivity index (χ4n) is 2.61. The van der Waals surface area contributed by atoms with Gasteiger partial charge in [0.2, 0.25) is 0 Å². The monoisotopic (exact) mass is 376 g/mol. The van der Waals surface area contributed by atoms with Crippen molar-refractivity contribution in [1.29, 1.82) is 0 Å². The van der Waals surface area contributed by atoms with Gasteiger partial charge in [0.15, 0.2) is 5.82 Å². The standard InChI is InChI=1S/C16H11BrF2N4/c17-11-3-4-12-13(6-11)21-14(10-2-1-5-20-7-10)22-15(12)23-8-16(18,19)9-23/h1-7H,8-9H2. The van der Waals surface area contributed by atoms with Gasteiger partial charge in [-0.15, -0.1) is 0 Å². The molecule has 1 aliphatic heterocycles. The predicted octanol–water partition coefficient (Wildman–Crippen LogP) is 3.91. The molecule has 0 radical (unpaired) electrons. The van der Waals surface area contributed by atoms with E-state index in [-0.39, 0.29) is 13.1 Å². The third kappa shape index (κ3) is 2.65. The lowest BCUT2D eigenvalue weighted by molar-refractivity contribution is -0.0265. The van der Waals surface area contributed by atoms with Crippen LogP contribution in [0.4, 0.5) is 14.6 Å². The lowest BCUT2D eigenvalue weighted by Crippen LogP contribution is -2.56. The number of aromatic nitrogens is 3. The molecule has 0 amide bonds. The van der Waals surface area contributed by atoms with Crippen molar-refractivity contribution in [1.82, 2.24) is 15.0 Å². The molecule has 4 rings (SSSR count). The molecule has 0 saturated carbocycles. The maximum absolute atomic E-state index is 13.3. The second-order valence-electron chi connectivity index (χ2n) is 5.49. The van der Waals surface area contributed by atoms with Crippen LogP contribution in [0.5, 0.6) is 0 Å². The molecule has 116 valence electrons. The van der Waals surface area contributed by atoms with Crippen LogP contribution in [0, 0.1) is 0 Å². The average Bonchev–Trinajstić information content (AvgIpc) is 2.52. The maximum Gasteiger partial charge on any atom is 0.282 e. The molecule has 1 aromatic carbocycles. The summed E-state index contributed by atoms with van der Waals surface area (Å²) in [4.78, 5) is 14.7. The van der Waals surface area contributed by atoms with Crippen LogP contribution in [-0.2, 0) is 0 Å². The van der Waals surface area contributed by atoms with E-state index in [0.717, 1.165) is 15.4 Å². The molecule has 1 fully saturated rings. The highest BCUT2D eigenvalue weighted by Gasteiger charge is 2.45. The van der Waals surface area contributed by atoms with E-state index in [2.05, 4.69) is 30.9 Å². The van der Waals surface area contributed by atoms with Crippen molar-refractivity contribution in [2.45, 2.75) is 5.92 Å². The van der Waals surface area contributed by atoms with Crippen LogP contribution >= 0.6 is 15.9 Å². The Kier molecular flexibility index (Phi) is 3.26. The second kappa shape index (κ2) is 5.19. The summed E-state index contributed by atoms with van der Waals surface area (Å²) >= 11 is 3.42. The van der Waals surface area contributed by atoms with Crippen molar-refractivity contribution in [3.8, 4) is 11.4 Å². The fraction of sp³-hybridized carbons (Fsp3) is 0.188. The lowest BCUT2D eigenvalue weighted by atomic mass is 10.1. The minimum Gasteiger partial charge on any atom is -0.344 e. The van der Waals surface area contributed by atoms with Gasteiger partial charge in [-0.05, 0) is 30.3 Å². The van der Waals surface area contributed by atoms with Crippen LogP contribution in [0.2, 0.25) is 0 Å². The summed E-state index contributed by atoms with van der Waals surface area (Å²) in [5, 5.41) is 0.761. The van der Waals surface area contributed by atoms with Gasteiger partial charge in [-0.25, -0.2) is 18.7 Å². The third-order valence-corrected chi connectivity index (χ3v) is 4.20. The number of halogens is 3. The van der Waals surface area contributed by atoms with Gasteiger partial charge in [0.25, 0.3) is 5.92 Å². The van der Waals surface area contributed by atoms with Crippen molar-refractivity contribution in [2.75, 3.05) is 18.0 Å². The molecule has 3 aromatic rings. The molecule has 4 nitrogen and oxygen atoms in total. The number of nitrogens with zero attached hydrogens (tertiary/aromatic N) is 4. The first kappa shape index (κ1) is 14.4. The first-order valence-electron chi connectivity index (χ1n) is 7.02. The summed E-state index contributed by atoms with van der Waals surface area (Å²) in [6, 6.07) is 9.20. The summed E-state index contributed by atoms with van der Waals surface area (Å²) in [6.45, 7) is -0.636. The average molecular weight is 377 g/mol. The Morgan fingerprint density at radius 2 is 1.96 bits per heavy atom. The van der Waals surface area contributed by atoms with Crippen LogP contribution in [0.25, 0.3) is 22.3 Å². The zero-order valence-electron chi connectivity index (χ0n) is 11.9. The van der Waals surface area contributed by atoms with Gasteiger partial charge in [0, 0.05) is 27.8 Å². The number of anilines is 1. The van der Waals surface area contributed by atoms with E-state index in [9.17, 15) is 8.78 Å². The minimum absolute atomic E-state index is 0.318. The fourth-order valence-corrected chi connectivity index (χ4v) is 2.96. The largest absolute Gasteiger partial charge is 0.344 e. The van der Waals surface area contributed by atoms with E-state index in [0.29, 0.717) is 17.2 Å². The Morgan fingerprint density at radius 3 is 2.65 bits per heavy atom.